The van der Waals surface area contributed by atoms with Gasteiger partial charge in [-0.2, -0.15) is 0 Å². The number of nitro benzene ring substituents is 1. The second kappa shape index (κ2) is 7.43. The Morgan fingerprint density at radius 3 is 2.48 bits per heavy atom. The largest absolute Gasteiger partial charge is 0.359 e. The lowest BCUT2D eigenvalue weighted by atomic mass is 10.0. The summed E-state index contributed by atoms with van der Waals surface area (Å²) in [6, 6.07) is 21.3. The predicted octanol–water partition coefficient (Wildman–Crippen LogP) is 3.51. The van der Waals surface area contributed by atoms with Gasteiger partial charge in [-0.3, -0.25) is 25.1 Å². The third-order valence-corrected chi connectivity index (χ3v) is 4.58. The number of hydrogen-bond acceptors (Lipinski definition) is 5. The van der Waals surface area contributed by atoms with Crippen LogP contribution in [0.25, 0.3) is 0 Å². The highest BCUT2D eigenvalue weighted by molar-refractivity contribution is 6.04. The van der Waals surface area contributed by atoms with Crippen molar-refractivity contribution in [3.63, 3.8) is 0 Å². The number of fused-ring (bicyclic) bond motifs is 1. The Balaban J connectivity index is 1.74. The van der Waals surface area contributed by atoms with E-state index in [9.17, 15) is 19.7 Å². The molecule has 0 saturated carbocycles. The number of benzene rings is 3. The van der Waals surface area contributed by atoms with Crippen LogP contribution in [0.2, 0.25) is 0 Å². The van der Waals surface area contributed by atoms with Gasteiger partial charge in [0.1, 0.15) is 6.17 Å². The average Bonchev–Trinajstić information content (AvgIpc) is 2.76. The summed E-state index contributed by atoms with van der Waals surface area (Å²) in [5.74, 6) is -0.879. The summed E-state index contributed by atoms with van der Waals surface area (Å²) in [4.78, 5) is 36.5. The minimum Gasteiger partial charge on any atom is -0.359 e. The van der Waals surface area contributed by atoms with Crippen molar-refractivity contribution in [2.75, 3.05) is 5.32 Å². The molecule has 0 bridgehead atoms. The minimum absolute atomic E-state index is 0.107. The molecular weight excluding hydrogens is 372 g/mol. The SMILES string of the molecule is O=C(NN1C(=O)c2ccccc2NC1c1cccc([N+](=O)[O-])c1)c1ccccc1. The molecule has 2 N–H and O–H groups in total. The Morgan fingerprint density at radius 1 is 1.00 bits per heavy atom. The number of nitrogens with one attached hydrogen (secondary N) is 2. The number of rotatable bonds is 4. The van der Waals surface area contributed by atoms with Crippen molar-refractivity contribution in [1.29, 1.82) is 0 Å². The standard InChI is InChI=1S/C21H16N4O4/c26-20(14-7-2-1-3-8-14)23-24-19(15-9-6-10-16(13-15)25(28)29)22-18-12-5-4-11-17(18)21(24)27/h1-13,19,22H,(H,23,26). The third-order valence-electron chi connectivity index (χ3n) is 4.58. The van der Waals surface area contributed by atoms with Crippen molar-refractivity contribution in [2.24, 2.45) is 0 Å². The maximum absolute atomic E-state index is 13.1. The first-order valence-electron chi connectivity index (χ1n) is 8.84. The van der Waals surface area contributed by atoms with Gasteiger partial charge in [-0.1, -0.05) is 42.5 Å². The van der Waals surface area contributed by atoms with Crippen molar-refractivity contribution >= 4 is 23.2 Å². The van der Waals surface area contributed by atoms with E-state index >= 15 is 0 Å². The predicted molar refractivity (Wildman–Crippen MR) is 106 cm³/mol. The Morgan fingerprint density at radius 2 is 1.72 bits per heavy atom. The van der Waals surface area contributed by atoms with E-state index in [1.165, 1.54) is 18.2 Å². The van der Waals surface area contributed by atoms with E-state index < -0.39 is 22.9 Å². The fourth-order valence-corrected chi connectivity index (χ4v) is 3.17. The zero-order valence-corrected chi connectivity index (χ0v) is 15.1. The second-order valence-corrected chi connectivity index (χ2v) is 6.43. The summed E-state index contributed by atoms with van der Waals surface area (Å²) in [6.45, 7) is 0. The van der Waals surface area contributed by atoms with Gasteiger partial charge >= 0.3 is 0 Å². The molecular formula is C21H16N4O4. The number of para-hydroxylation sites is 1. The van der Waals surface area contributed by atoms with E-state index in [1.54, 1.807) is 60.7 Å². The molecule has 0 spiro atoms. The molecule has 0 radical (unpaired) electrons. The highest BCUT2D eigenvalue weighted by Gasteiger charge is 2.35. The Kier molecular flexibility index (Phi) is 4.66. The van der Waals surface area contributed by atoms with Gasteiger partial charge in [-0.25, -0.2) is 5.01 Å². The van der Waals surface area contributed by atoms with Crippen LogP contribution in [-0.4, -0.2) is 21.7 Å². The quantitative estimate of drug-likeness (QED) is 0.526. The average molecular weight is 388 g/mol. The lowest BCUT2D eigenvalue weighted by Crippen LogP contribution is -2.52. The first-order valence-corrected chi connectivity index (χ1v) is 8.84. The summed E-state index contributed by atoms with van der Waals surface area (Å²) in [7, 11) is 0. The number of carbonyl (C=O) groups excluding carboxylic acids is 2. The fraction of sp³-hybridized carbons (Fsp3) is 0.0476. The van der Waals surface area contributed by atoms with Crippen LogP contribution < -0.4 is 10.7 Å². The number of hydrogen-bond donors (Lipinski definition) is 2. The number of hydrazine groups is 1. The van der Waals surface area contributed by atoms with E-state index in [0.29, 0.717) is 22.4 Å². The summed E-state index contributed by atoms with van der Waals surface area (Å²) in [5, 5.41) is 15.5. The number of non-ortho nitro benzene ring substituents is 1. The van der Waals surface area contributed by atoms with Crippen molar-refractivity contribution < 1.29 is 14.5 Å². The molecule has 1 atom stereocenters. The van der Waals surface area contributed by atoms with Crippen molar-refractivity contribution in [3.05, 3.63) is 106 Å². The molecule has 8 nitrogen and oxygen atoms in total. The van der Waals surface area contributed by atoms with E-state index in [1.807, 2.05) is 0 Å². The minimum atomic E-state index is -0.815. The highest BCUT2D eigenvalue weighted by Crippen LogP contribution is 2.33. The Labute approximate surface area is 165 Å². The second-order valence-electron chi connectivity index (χ2n) is 6.43. The smallest absolute Gasteiger partial charge is 0.276 e. The molecule has 0 aromatic heterocycles. The molecule has 0 fully saturated rings. The first kappa shape index (κ1) is 18.2. The zero-order valence-electron chi connectivity index (χ0n) is 15.1. The van der Waals surface area contributed by atoms with Gasteiger partial charge in [0.2, 0.25) is 0 Å². The van der Waals surface area contributed by atoms with Gasteiger partial charge in [0.05, 0.1) is 10.5 Å². The molecule has 1 aliphatic heterocycles. The first-order chi connectivity index (χ1) is 14.0. The Hall–Kier alpha value is -4.20. The summed E-state index contributed by atoms with van der Waals surface area (Å²) in [6.07, 6.45) is -0.815. The highest BCUT2D eigenvalue weighted by atomic mass is 16.6. The van der Waals surface area contributed by atoms with Crippen molar-refractivity contribution in [1.82, 2.24) is 10.4 Å². The lowest BCUT2D eigenvalue weighted by molar-refractivity contribution is -0.384. The number of amides is 2. The number of anilines is 1. The molecule has 0 aliphatic carbocycles. The molecule has 3 aromatic carbocycles. The number of carbonyl (C=O) groups is 2. The molecule has 144 valence electrons. The van der Waals surface area contributed by atoms with E-state index in [0.717, 1.165) is 5.01 Å². The van der Waals surface area contributed by atoms with Crippen LogP contribution in [0.1, 0.15) is 32.4 Å². The molecule has 2 amide bonds. The van der Waals surface area contributed by atoms with E-state index in [-0.39, 0.29) is 5.69 Å². The van der Waals surface area contributed by atoms with Gasteiger partial charge in [-0.05, 0) is 24.3 Å². The summed E-state index contributed by atoms with van der Waals surface area (Å²) >= 11 is 0. The van der Waals surface area contributed by atoms with Crippen LogP contribution in [0.3, 0.4) is 0 Å². The molecule has 1 heterocycles. The van der Waals surface area contributed by atoms with Crippen molar-refractivity contribution in [2.45, 2.75) is 6.17 Å². The van der Waals surface area contributed by atoms with Gasteiger partial charge in [0.25, 0.3) is 17.5 Å². The number of nitro groups is 1. The molecule has 4 rings (SSSR count). The monoisotopic (exact) mass is 388 g/mol. The van der Waals surface area contributed by atoms with E-state index in [2.05, 4.69) is 10.7 Å². The Bertz CT molecular complexity index is 1100. The fourth-order valence-electron chi connectivity index (χ4n) is 3.17. The normalized spacial score (nSPS) is 15.2. The van der Waals surface area contributed by atoms with Crippen LogP contribution >= 0.6 is 0 Å². The molecule has 1 unspecified atom stereocenters. The zero-order chi connectivity index (χ0) is 20.4. The van der Waals surface area contributed by atoms with Gasteiger partial charge < -0.3 is 5.32 Å². The molecule has 3 aromatic rings. The van der Waals surface area contributed by atoms with Crippen LogP contribution in [-0.2, 0) is 0 Å². The van der Waals surface area contributed by atoms with Crippen LogP contribution in [0.15, 0.2) is 78.9 Å². The van der Waals surface area contributed by atoms with E-state index in [4.69, 9.17) is 0 Å². The van der Waals surface area contributed by atoms with Gasteiger partial charge in [0, 0.05) is 28.9 Å². The molecule has 0 saturated heterocycles. The maximum atomic E-state index is 13.1. The van der Waals surface area contributed by atoms with Crippen LogP contribution in [0.4, 0.5) is 11.4 Å². The van der Waals surface area contributed by atoms with Crippen molar-refractivity contribution in [3.8, 4) is 0 Å². The maximum Gasteiger partial charge on any atom is 0.276 e. The lowest BCUT2D eigenvalue weighted by Gasteiger charge is -2.37. The van der Waals surface area contributed by atoms with Gasteiger partial charge in [0.15, 0.2) is 0 Å². The van der Waals surface area contributed by atoms with Crippen LogP contribution in [0.5, 0.6) is 0 Å². The topological polar surface area (TPSA) is 105 Å². The number of nitrogens with zero attached hydrogens (tertiary/aromatic N) is 2. The van der Waals surface area contributed by atoms with Gasteiger partial charge in [-0.15, -0.1) is 0 Å². The summed E-state index contributed by atoms with van der Waals surface area (Å²) < 4.78 is 0. The molecule has 8 heteroatoms. The summed E-state index contributed by atoms with van der Waals surface area (Å²) in [5.41, 5.74) is 4.36. The van der Waals surface area contributed by atoms with Crippen LogP contribution in [0, 0.1) is 10.1 Å². The molecule has 29 heavy (non-hydrogen) atoms. The molecule has 1 aliphatic rings. The third kappa shape index (κ3) is 3.51.